The molecule has 152 valence electrons. The molecule has 2 aromatic carbocycles. The van der Waals surface area contributed by atoms with Gasteiger partial charge < -0.3 is 0 Å². The zero-order valence-corrected chi connectivity index (χ0v) is 18.1. The summed E-state index contributed by atoms with van der Waals surface area (Å²) in [6.45, 7) is 0. The van der Waals surface area contributed by atoms with Crippen molar-refractivity contribution >= 4 is 44.5 Å². The first-order valence-corrected chi connectivity index (χ1v) is 12.3. The molecule has 0 spiro atoms. The lowest BCUT2D eigenvalue weighted by atomic mass is 9.94. The van der Waals surface area contributed by atoms with Gasteiger partial charge in [0.2, 0.25) is 5.91 Å². The minimum Gasteiger partial charge on any atom is -0.286 e. The van der Waals surface area contributed by atoms with E-state index in [1.165, 1.54) is 36.0 Å². The Kier molecular flexibility index (Phi) is 5.99. The quantitative estimate of drug-likeness (QED) is 0.657. The Morgan fingerprint density at radius 3 is 2.28 bits per heavy atom. The van der Waals surface area contributed by atoms with E-state index in [-0.39, 0.29) is 22.0 Å². The number of halogens is 1. The predicted molar refractivity (Wildman–Crippen MR) is 117 cm³/mol. The second-order valence-corrected chi connectivity index (χ2v) is 10.3. The molecular formula is C21H21ClN2O3S2. The summed E-state index contributed by atoms with van der Waals surface area (Å²) in [6, 6.07) is 15.4. The number of amidine groups is 1. The van der Waals surface area contributed by atoms with E-state index in [0.717, 1.165) is 37.7 Å². The highest BCUT2D eigenvalue weighted by molar-refractivity contribution is 8.15. The Labute approximate surface area is 180 Å². The first kappa shape index (κ1) is 20.4. The molecule has 0 radical (unpaired) electrons. The van der Waals surface area contributed by atoms with Crippen molar-refractivity contribution in [2.75, 3.05) is 0 Å². The summed E-state index contributed by atoms with van der Waals surface area (Å²) < 4.78 is 29.9. The van der Waals surface area contributed by atoms with Gasteiger partial charge in [-0.15, -0.1) is 4.40 Å². The van der Waals surface area contributed by atoms with Crippen LogP contribution in [0.4, 0.5) is 0 Å². The summed E-state index contributed by atoms with van der Waals surface area (Å²) in [5.41, 5.74) is 0.859. The normalized spacial score (nSPS) is 22.4. The van der Waals surface area contributed by atoms with Gasteiger partial charge in [-0.2, -0.15) is 8.42 Å². The molecule has 0 N–H and O–H groups in total. The van der Waals surface area contributed by atoms with Crippen molar-refractivity contribution < 1.29 is 13.2 Å². The van der Waals surface area contributed by atoms with Crippen LogP contribution in [-0.2, 0) is 14.8 Å². The molecule has 2 fully saturated rings. The van der Waals surface area contributed by atoms with Crippen LogP contribution in [0.3, 0.4) is 0 Å². The van der Waals surface area contributed by atoms with Crippen LogP contribution >= 0.6 is 23.4 Å². The topological polar surface area (TPSA) is 66.8 Å². The Morgan fingerprint density at radius 2 is 1.62 bits per heavy atom. The van der Waals surface area contributed by atoms with Crippen LogP contribution in [0, 0.1) is 0 Å². The van der Waals surface area contributed by atoms with Crippen molar-refractivity contribution in [2.24, 2.45) is 4.40 Å². The lowest BCUT2D eigenvalue weighted by Crippen LogP contribution is -2.41. The number of rotatable bonds is 4. The first-order valence-electron chi connectivity index (χ1n) is 9.61. The maximum Gasteiger partial charge on any atom is 0.284 e. The number of hydrogen-bond donors (Lipinski definition) is 0. The van der Waals surface area contributed by atoms with Gasteiger partial charge in [0.05, 0.1) is 4.90 Å². The zero-order valence-electron chi connectivity index (χ0n) is 15.7. The second kappa shape index (κ2) is 8.50. The number of carbonyl (C=O) groups is 1. The number of hydrogen-bond acceptors (Lipinski definition) is 4. The summed E-state index contributed by atoms with van der Waals surface area (Å²) in [5, 5.41) is 0.248. The number of amides is 1. The van der Waals surface area contributed by atoms with Gasteiger partial charge in [-0.25, -0.2) is 0 Å². The highest BCUT2D eigenvalue weighted by atomic mass is 35.5. The zero-order chi connectivity index (χ0) is 20.4. The third kappa shape index (κ3) is 4.37. The van der Waals surface area contributed by atoms with E-state index in [4.69, 9.17) is 11.6 Å². The lowest BCUT2D eigenvalue weighted by Gasteiger charge is -2.30. The van der Waals surface area contributed by atoms with Crippen molar-refractivity contribution in [2.45, 2.75) is 48.3 Å². The van der Waals surface area contributed by atoms with Crippen molar-refractivity contribution in [3.63, 3.8) is 0 Å². The molecule has 29 heavy (non-hydrogen) atoms. The summed E-state index contributed by atoms with van der Waals surface area (Å²) in [6.07, 6.45) is 4.95. The van der Waals surface area contributed by atoms with E-state index in [2.05, 4.69) is 4.40 Å². The van der Waals surface area contributed by atoms with Gasteiger partial charge in [-0.05, 0) is 42.7 Å². The van der Waals surface area contributed by atoms with Crippen LogP contribution in [0.15, 0.2) is 63.9 Å². The molecule has 0 bridgehead atoms. The van der Waals surface area contributed by atoms with E-state index >= 15 is 0 Å². The third-order valence-electron chi connectivity index (χ3n) is 5.24. The van der Waals surface area contributed by atoms with Crippen LogP contribution in [-0.4, -0.2) is 30.4 Å². The predicted octanol–water partition coefficient (Wildman–Crippen LogP) is 5.03. The van der Waals surface area contributed by atoms with Gasteiger partial charge in [0, 0.05) is 11.1 Å². The SMILES string of the molecule is O=C1[C@H](c2ccccc2)SC(=NS(=O)(=O)c2ccc(Cl)cc2)N1C1CCCCC1. The minimum absolute atomic E-state index is 0.00312. The van der Waals surface area contributed by atoms with Crippen molar-refractivity contribution in [3.8, 4) is 0 Å². The number of benzene rings is 2. The number of thioether (sulfide) groups is 1. The second-order valence-electron chi connectivity index (χ2n) is 7.21. The maximum atomic E-state index is 13.3. The maximum absolute atomic E-state index is 13.3. The van der Waals surface area contributed by atoms with Crippen LogP contribution in [0.5, 0.6) is 0 Å². The van der Waals surface area contributed by atoms with Crippen LogP contribution in [0.1, 0.15) is 42.9 Å². The van der Waals surface area contributed by atoms with Gasteiger partial charge in [-0.3, -0.25) is 9.69 Å². The lowest BCUT2D eigenvalue weighted by molar-refractivity contribution is -0.128. The molecular weight excluding hydrogens is 428 g/mol. The Morgan fingerprint density at radius 1 is 0.966 bits per heavy atom. The summed E-state index contributed by atoms with van der Waals surface area (Å²) in [7, 11) is -3.95. The summed E-state index contributed by atoms with van der Waals surface area (Å²) >= 11 is 7.09. The molecule has 1 amide bonds. The Hall–Kier alpha value is -1.83. The summed E-state index contributed by atoms with van der Waals surface area (Å²) in [5.74, 6) is -0.0850. The van der Waals surface area contributed by atoms with Gasteiger partial charge in [0.15, 0.2) is 5.17 Å². The molecule has 1 saturated carbocycles. The monoisotopic (exact) mass is 448 g/mol. The van der Waals surface area contributed by atoms with E-state index < -0.39 is 15.3 Å². The van der Waals surface area contributed by atoms with E-state index in [9.17, 15) is 13.2 Å². The van der Waals surface area contributed by atoms with E-state index in [1.807, 2.05) is 30.3 Å². The third-order valence-corrected chi connectivity index (χ3v) is 8.10. The molecule has 1 aliphatic heterocycles. The van der Waals surface area contributed by atoms with Gasteiger partial charge in [0.1, 0.15) is 5.25 Å². The van der Waals surface area contributed by atoms with Crippen molar-refractivity contribution in [1.29, 1.82) is 0 Å². The largest absolute Gasteiger partial charge is 0.286 e. The van der Waals surface area contributed by atoms with E-state index in [0.29, 0.717) is 5.02 Å². The summed E-state index contributed by atoms with van der Waals surface area (Å²) in [4.78, 5) is 15.0. The molecule has 1 atom stereocenters. The highest BCUT2D eigenvalue weighted by Gasteiger charge is 2.43. The smallest absolute Gasteiger partial charge is 0.284 e. The number of nitrogens with zero attached hydrogens (tertiary/aromatic N) is 2. The Bertz CT molecular complexity index is 1020. The minimum atomic E-state index is -3.95. The van der Waals surface area contributed by atoms with Crippen molar-refractivity contribution in [1.82, 2.24) is 4.90 Å². The van der Waals surface area contributed by atoms with E-state index in [1.54, 1.807) is 4.90 Å². The van der Waals surface area contributed by atoms with Crippen LogP contribution < -0.4 is 0 Å². The van der Waals surface area contributed by atoms with Crippen LogP contribution in [0.25, 0.3) is 0 Å². The molecule has 4 rings (SSSR count). The molecule has 8 heteroatoms. The molecule has 2 aliphatic rings. The van der Waals surface area contributed by atoms with Gasteiger partial charge in [-0.1, -0.05) is 73.0 Å². The molecule has 0 aromatic heterocycles. The average Bonchev–Trinajstić information content (AvgIpc) is 3.05. The molecule has 1 heterocycles. The standard InChI is InChI=1S/C21H21ClN2O3S2/c22-16-11-13-18(14-12-16)29(26,27)23-21-24(17-9-5-2-6-10-17)20(25)19(28-21)15-7-3-1-4-8-15/h1,3-4,7-8,11-14,17,19H,2,5-6,9-10H2/t19-/m0/s1. The first-order chi connectivity index (χ1) is 14.0. The fraction of sp³-hybridized carbons (Fsp3) is 0.333. The van der Waals surface area contributed by atoms with Crippen LogP contribution in [0.2, 0.25) is 5.02 Å². The molecule has 2 aromatic rings. The Balaban J connectivity index is 1.72. The molecule has 1 saturated heterocycles. The van der Waals surface area contributed by atoms with Gasteiger partial charge in [0.25, 0.3) is 10.0 Å². The fourth-order valence-electron chi connectivity index (χ4n) is 3.77. The highest BCUT2D eigenvalue weighted by Crippen LogP contribution is 2.43. The molecule has 5 nitrogen and oxygen atoms in total. The molecule has 0 unspecified atom stereocenters. The fourth-order valence-corrected chi connectivity index (χ4v) is 6.32. The average molecular weight is 449 g/mol. The number of carbonyl (C=O) groups excluding carboxylic acids is 1. The number of sulfonamides is 1. The van der Waals surface area contributed by atoms with Crippen molar-refractivity contribution in [3.05, 3.63) is 65.2 Å². The van der Waals surface area contributed by atoms with Gasteiger partial charge >= 0.3 is 0 Å². The molecule has 1 aliphatic carbocycles.